The molecule has 94 valence electrons. The predicted molar refractivity (Wildman–Crippen MR) is 69.5 cm³/mol. The zero-order valence-corrected chi connectivity index (χ0v) is 10.9. The first-order valence-electron chi connectivity index (χ1n) is 6.01. The molecule has 0 radical (unpaired) electrons. The lowest BCUT2D eigenvalue weighted by Crippen LogP contribution is -2.32. The van der Waals surface area contributed by atoms with Crippen LogP contribution in [-0.2, 0) is 4.79 Å². The second-order valence-corrected chi connectivity index (χ2v) is 5.76. The van der Waals surface area contributed by atoms with Gasteiger partial charge in [-0.1, -0.05) is 17.8 Å². The predicted octanol–water partition coefficient (Wildman–Crippen LogP) is 1.49. The average molecular weight is 262 g/mol. The Kier molecular flexibility index (Phi) is 2.95. The summed E-state index contributed by atoms with van der Waals surface area (Å²) in [7, 11) is 0. The van der Waals surface area contributed by atoms with E-state index in [-0.39, 0.29) is 11.2 Å². The summed E-state index contributed by atoms with van der Waals surface area (Å²) in [4.78, 5) is 11.9. The molecule has 1 aliphatic rings. The van der Waals surface area contributed by atoms with Gasteiger partial charge in [-0.15, -0.1) is 10.2 Å². The number of rotatable bonds is 4. The Balaban J connectivity index is 1.72. The Hall–Kier alpha value is -1.56. The summed E-state index contributed by atoms with van der Waals surface area (Å²) in [5.74, 6) is 0.0789. The van der Waals surface area contributed by atoms with Crippen molar-refractivity contribution < 1.29 is 4.79 Å². The third kappa shape index (κ3) is 2.33. The van der Waals surface area contributed by atoms with Crippen LogP contribution in [0.1, 0.15) is 19.8 Å². The van der Waals surface area contributed by atoms with Crippen molar-refractivity contribution in [3.63, 3.8) is 0 Å². The van der Waals surface area contributed by atoms with Gasteiger partial charge in [0.1, 0.15) is 0 Å². The molecular formula is C12H14N4OS. The number of carbonyl (C=O) groups excluding carboxylic acids is 1. The molecule has 1 saturated carbocycles. The van der Waals surface area contributed by atoms with Crippen molar-refractivity contribution >= 4 is 23.3 Å². The minimum absolute atomic E-state index is 0.0789. The van der Waals surface area contributed by atoms with Crippen LogP contribution in [0.2, 0.25) is 0 Å². The molecule has 3 rings (SSSR count). The van der Waals surface area contributed by atoms with E-state index in [4.69, 9.17) is 0 Å². The minimum Gasteiger partial charge on any atom is -0.352 e. The third-order valence-corrected chi connectivity index (χ3v) is 3.91. The highest BCUT2D eigenvalue weighted by Crippen LogP contribution is 2.24. The highest BCUT2D eigenvalue weighted by atomic mass is 32.2. The van der Waals surface area contributed by atoms with Crippen LogP contribution < -0.4 is 5.32 Å². The van der Waals surface area contributed by atoms with Crippen LogP contribution in [0.5, 0.6) is 0 Å². The van der Waals surface area contributed by atoms with Crippen LogP contribution in [-0.4, -0.2) is 31.8 Å². The molecule has 18 heavy (non-hydrogen) atoms. The Bertz CT molecular complexity index is 578. The van der Waals surface area contributed by atoms with Crippen LogP contribution in [0.15, 0.2) is 29.6 Å². The first kappa shape index (κ1) is 11.5. The topological polar surface area (TPSA) is 59.3 Å². The standard InChI is InChI=1S/C12H14N4OS/c1-8(11(17)13-9-5-6-9)18-12-15-14-10-4-2-3-7-16(10)12/h2-4,7-9H,5-6H2,1H3,(H,13,17)/t8-/m1/s1. The fourth-order valence-corrected chi connectivity index (χ4v) is 2.50. The lowest BCUT2D eigenvalue weighted by molar-refractivity contribution is -0.120. The van der Waals surface area contributed by atoms with Gasteiger partial charge >= 0.3 is 0 Å². The zero-order valence-electron chi connectivity index (χ0n) is 10.0. The normalized spacial score (nSPS) is 16.7. The SMILES string of the molecule is C[C@@H](Sc1nnc2ccccn12)C(=O)NC1CC1. The van der Waals surface area contributed by atoms with Gasteiger partial charge in [0.15, 0.2) is 10.8 Å². The van der Waals surface area contributed by atoms with E-state index in [0.717, 1.165) is 23.6 Å². The molecule has 0 saturated heterocycles. The average Bonchev–Trinajstić information content (AvgIpc) is 3.10. The number of hydrogen-bond donors (Lipinski definition) is 1. The highest BCUT2D eigenvalue weighted by Gasteiger charge is 2.26. The van der Waals surface area contributed by atoms with Gasteiger partial charge in [0.05, 0.1) is 5.25 Å². The van der Waals surface area contributed by atoms with Gasteiger partial charge in [-0.25, -0.2) is 0 Å². The van der Waals surface area contributed by atoms with Gasteiger partial charge in [0.2, 0.25) is 5.91 Å². The molecule has 1 aliphatic carbocycles. The summed E-state index contributed by atoms with van der Waals surface area (Å²) in [6, 6.07) is 6.14. The Morgan fingerprint density at radius 1 is 1.50 bits per heavy atom. The summed E-state index contributed by atoms with van der Waals surface area (Å²) < 4.78 is 1.89. The van der Waals surface area contributed by atoms with Gasteiger partial charge in [0.25, 0.3) is 0 Å². The van der Waals surface area contributed by atoms with E-state index in [2.05, 4.69) is 15.5 Å². The number of nitrogens with one attached hydrogen (secondary N) is 1. The molecule has 0 aromatic carbocycles. The zero-order chi connectivity index (χ0) is 12.5. The molecule has 1 atom stereocenters. The van der Waals surface area contributed by atoms with E-state index >= 15 is 0 Å². The van der Waals surface area contributed by atoms with E-state index in [0.29, 0.717) is 6.04 Å². The summed E-state index contributed by atoms with van der Waals surface area (Å²) in [6.07, 6.45) is 4.12. The Morgan fingerprint density at radius 2 is 2.33 bits per heavy atom. The number of fused-ring (bicyclic) bond motifs is 1. The number of thioether (sulfide) groups is 1. The lowest BCUT2D eigenvalue weighted by atomic mass is 10.4. The maximum Gasteiger partial charge on any atom is 0.233 e. The first-order chi connectivity index (χ1) is 8.74. The van der Waals surface area contributed by atoms with Crippen molar-refractivity contribution in [3.8, 4) is 0 Å². The summed E-state index contributed by atoms with van der Waals surface area (Å²) in [5, 5.41) is 11.8. The van der Waals surface area contributed by atoms with Crippen molar-refractivity contribution in [2.45, 2.75) is 36.2 Å². The molecule has 2 aromatic rings. The number of pyridine rings is 1. The van der Waals surface area contributed by atoms with Crippen LogP contribution in [0, 0.1) is 0 Å². The van der Waals surface area contributed by atoms with Crippen molar-refractivity contribution in [1.29, 1.82) is 0 Å². The van der Waals surface area contributed by atoms with Gasteiger partial charge in [-0.3, -0.25) is 9.20 Å². The van der Waals surface area contributed by atoms with Gasteiger partial charge in [-0.05, 0) is 31.9 Å². The molecule has 2 aromatic heterocycles. The molecular weight excluding hydrogens is 248 g/mol. The van der Waals surface area contributed by atoms with Crippen molar-refractivity contribution in [2.24, 2.45) is 0 Å². The number of hydrogen-bond acceptors (Lipinski definition) is 4. The summed E-state index contributed by atoms with van der Waals surface area (Å²) in [6.45, 7) is 1.90. The number of amides is 1. The van der Waals surface area contributed by atoms with Crippen LogP contribution >= 0.6 is 11.8 Å². The molecule has 2 heterocycles. The van der Waals surface area contributed by atoms with Crippen LogP contribution in [0.25, 0.3) is 5.65 Å². The first-order valence-corrected chi connectivity index (χ1v) is 6.89. The Labute approximate surface area is 109 Å². The molecule has 0 bridgehead atoms. The summed E-state index contributed by atoms with van der Waals surface area (Å²) in [5.41, 5.74) is 0.801. The monoisotopic (exact) mass is 262 g/mol. The van der Waals surface area contributed by atoms with Crippen LogP contribution in [0.3, 0.4) is 0 Å². The van der Waals surface area contributed by atoms with E-state index < -0.39 is 0 Å². The Morgan fingerprint density at radius 3 is 3.11 bits per heavy atom. The number of nitrogens with zero attached hydrogens (tertiary/aromatic N) is 3. The molecule has 0 aliphatic heterocycles. The van der Waals surface area contributed by atoms with E-state index in [1.54, 1.807) is 0 Å². The molecule has 0 spiro atoms. The maximum atomic E-state index is 11.9. The van der Waals surface area contributed by atoms with Crippen molar-refractivity contribution in [1.82, 2.24) is 19.9 Å². The second-order valence-electron chi connectivity index (χ2n) is 4.45. The van der Waals surface area contributed by atoms with Crippen LogP contribution in [0.4, 0.5) is 0 Å². The fraction of sp³-hybridized carbons (Fsp3) is 0.417. The second kappa shape index (κ2) is 4.61. The van der Waals surface area contributed by atoms with Gasteiger partial charge < -0.3 is 5.32 Å². The minimum atomic E-state index is -0.154. The molecule has 0 unspecified atom stereocenters. The maximum absolute atomic E-state index is 11.9. The molecule has 1 amide bonds. The van der Waals surface area contributed by atoms with Gasteiger partial charge in [-0.2, -0.15) is 0 Å². The quantitative estimate of drug-likeness (QED) is 0.848. The van der Waals surface area contributed by atoms with E-state index in [9.17, 15) is 4.79 Å². The van der Waals surface area contributed by atoms with E-state index in [1.165, 1.54) is 11.8 Å². The number of aromatic nitrogens is 3. The highest BCUT2D eigenvalue weighted by molar-refractivity contribution is 8.00. The largest absolute Gasteiger partial charge is 0.352 e. The molecule has 1 N–H and O–H groups in total. The number of carbonyl (C=O) groups is 1. The lowest BCUT2D eigenvalue weighted by Gasteiger charge is -2.09. The van der Waals surface area contributed by atoms with Gasteiger partial charge in [0, 0.05) is 12.2 Å². The fourth-order valence-electron chi connectivity index (χ4n) is 1.66. The molecule has 5 nitrogen and oxygen atoms in total. The molecule has 6 heteroatoms. The smallest absolute Gasteiger partial charge is 0.233 e. The van der Waals surface area contributed by atoms with Crippen molar-refractivity contribution in [2.75, 3.05) is 0 Å². The van der Waals surface area contributed by atoms with E-state index in [1.807, 2.05) is 35.7 Å². The molecule has 1 fully saturated rings. The third-order valence-electron chi connectivity index (χ3n) is 2.86. The summed E-state index contributed by atoms with van der Waals surface area (Å²) >= 11 is 1.43. The van der Waals surface area contributed by atoms with Crippen molar-refractivity contribution in [3.05, 3.63) is 24.4 Å².